The van der Waals surface area contributed by atoms with Crippen molar-refractivity contribution in [2.75, 3.05) is 6.61 Å². The van der Waals surface area contributed by atoms with Gasteiger partial charge in [-0.25, -0.2) is 0 Å². The first-order valence-corrected chi connectivity index (χ1v) is 9.01. The molecule has 2 bridgehead atoms. The molecule has 26 heavy (non-hydrogen) atoms. The summed E-state index contributed by atoms with van der Waals surface area (Å²) >= 11 is 0. The second-order valence-corrected chi connectivity index (χ2v) is 7.12. The van der Waals surface area contributed by atoms with E-state index in [1.807, 2.05) is 6.92 Å². The molecule has 1 N–H and O–H groups in total. The highest BCUT2D eigenvalue weighted by Gasteiger charge is 2.42. The fourth-order valence-electron chi connectivity index (χ4n) is 4.29. The van der Waals surface area contributed by atoms with E-state index in [0.717, 1.165) is 11.8 Å². The van der Waals surface area contributed by atoms with Crippen molar-refractivity contribution in [1.82, 2.24) is 5.32 Å². The van der Waals surface area contributed by atoms with Gasteiger partial charge in [-0.05, 0) is 56.1 Å². The van der Waals surface area contributed by atoms with Crippen LogP contribution in [0.4, 0.5) is 8.78 Å². The van der Waals surface area contributed by atoms with E-state index in [9.17, 15) is 13.6 Å². The molecule has 0 saturated heterocycles. The predicted molar refractivity (Wildman–Crippen MR) is 93.2 cm³/mol. The molecule has 1 amide bonds. The first-order chi connectivity index (χ1) is 12.5. The molecule has 3 rings (SSSR count). The van der Waals surface area contributed by atoms with E-state index >= 15 is 0 Å². The quantitative estimate of drug-likeness (QED) is 0.565. The summed E-state index contributed by atoms with van der Waals surface area (Å²) < 4.78 is 29.1. The van der Waals surface area contributed by atoms with Gasteiger partial charge in [-0.3, -0.25) is 4.79 Å². The van der Waals surface area contributed by atoms with Gasteiger partial charge < -0.3 is 14.9 Å². The number of rotatable bonds is 8. The van der Waals surface area contributed by atoms with Crippen molar-refractivity contribution >= 4 is 12.1 Å². The average molecular weight is 366 g/mol. The van der Waals surface area contributed by atoms with E-state index < -0.39 is 6.61 Å². The Kier molecular flexibility index (Phi) is 6.06. The van der Waals surface area contributed by atoms with Gasteiger partial charge in [0.2, 0.25) is 0 Å². The van der Waals surface area contributed by atoms with Crippen LogP contribution in [0.2, 0.25) is 0 Å². The smallest absolute Gasteiger partial charge is 0.387 e. The Labute approximate surface area is 151 Å². The fourth-order valence-corrected chi connectivity index (χ4v) is 4.29. The Bertz CT molecular complexity index is 653. The van der Waals surface area contributed by atoms with E-state index in [0.29, 0.717) is 11.5 Å². The predicted octanol–water partition coefficient (Wildman–Crippen LogP) is 3.58. The summed E-state index contributed by atoms with van der Waals surface area (Å²) in [4.78, 5) is 17.0. The maximum absolute atomic E-state index is 12.3. The summed E-state index contributed by atoms with van der Waals surface area (Å²) in [6.45, 7) is -1.08. The van der Waals surface area contributed by atoms with Gasteiger partial charge in [0.1, 0.15) is 5.75 Å². The third-order valence-electron chi connectivity index (χ3n) is 5.42. The summed E-state index contributed by atoms with van der Waals surface area (Å²) in [5.74, 6) is 1.90. The molecule has 2 aliphatic rings. The SMILES string of the molecule is CC(NC(=O)CON=Cc1ccccc1OC(F)F)C1CC2CCC1C2. The van der Waals surface area contributed by atoms with Crippen molar-refractivity contribution < 1.29 is 23.1 Å². The number of halogens is 2. The highest BCUT2D eigenvalue weighted by atomic mass is 19.3. The molecule has 0 aliphatic heterocycles. The number of hydrogen-bond donors (Lipinski definition) is 1. The fraction of sp³-hybridized carbons (Fsp3) is 0.579. The molecule has 2 aliphatic carbocycles. The van der Waals surface area contributed by atoms with E-state index in [4.69, 9.17) is 4.84 Å². The summed E-state index contributed by atoms with van der Waals surface area (Å²) in [5, 5.41) is 6.66. The van der Waals surface area contributed by atoms with Gasteiger partial charge >= 0.3 is 6.61 Å². The van der Waals surface area contributed by atoms with Gasteiger partial charge in [-0.2, -0.15) is 8.78 Å². The van der Waals surface area contributed by atoms with Crippen LogP contribution in [-0.2, 0) is 9.63 Å². The highest BCUT2D eigenvalue weighted by molar-refractivity contribution is 5.83. The number of fused-ring (bicyclic) bond motifs is 2. The molecule has 1 aromatic carbocycles. The van der Waals surface area contributed by atoms with Gasteiger partial charge in [0, 0.05) is 11.6 Å². The maximum atomic E-state index is 12.3. The number of oxime groups is 1. The van der Waals surface area contributed by atoms with Crippen molar-refractivity contribution in [2.45, 2.75) is 45.3 Å². The zero-order chi connectivity index (χ0) is 18.5. The largest absolute Gasteiger partial charge is 0.434 e. The Morgan fingerprint density at radius 1 is 1.35 bits per heavy atom. The Morgan fingerprint density at radius 2 is 2.15 bits per heavy atom. The number of para-hydroxylation sites is 1. The Balaban J connectivity index is 1.43. The van der Waals surface area contributed by atoms with Crippen LogP contribution in [0.1, 0.15) is 38.2 Å². The summed E-state index contributed by atoms with van der Waals surface area (Å²) in [7, 11) is 0. The van der Waals surface area contributed by atoms with Crippen LogP contribution in [-0.4, -0.2) is 31.4 Å². The number of nitrogens with one attached hydrogen (secondary N) is 1. The number of carbonyl (C=O) groups excluding carboxylic acids is 1. The third kappa shape index (κ3) is 4.71. The van der Waals surface area contributed by atoms with Crippen LogP contribution < -0.4 is 10.1 Å². The van der Waals surface area contributed by atoms with Crippen molar-refractivity contribution in [2.24, 2.45) is 22.9 Å². The molecular weight excluding hydrogens is 342 g/mol. The highest BCUT2D eigenvalue weighted by Crippen LogP contribution is 2.49. The molecule has 1 aromatic rings. The lowest BCUT2D eigenvalue weighted by Crippen LogP contribution is -2.41. The lowest BCUT2D eigenvalue weighted by atomic mass is 9.84. The number of hydrogen-bond acceptors (Lipinski definition) is 4. The van der Waals surface area contributed by atoms with Crippen molar-refractivity contribution in [1.29, 1.82) is 0 Å². The standard InChI is InChI=1S/C19H24F2N2O3/c1-12(16-9-13-6-7-14(16)8-13)23-18(24)11-25-22-10-15-4-2-3-5-17(15)26-19(20)21/h2-5,10,12-14,16,19H,6-9,11H2,1H3,(H,23,24). The zero-order valence-corrected chi connectivity index (χ0v) is 14.7. The molecule has 5 nitrogen and oxygen atoms in total. The molecule has 0 aromatic heterocycles. The van der Waals surface area contributed by atoms with Crippen molar-refractivity contribution in [3.8, 4) is 5.75 Å². The molecule has 2 fully saturated rings. The zero-order valence-electron chi connectivity index (χ0n) is 14.7. The number of alkyl halides is 2. The van der Waals surface area contributed by atoms with Crippen LogP contribution in [0.3, 0.4) is 0 Å². The van der Waals surface area contributed by atoms with Crippen LogP contribution in [0.5, 0.6) is 5.75 Å². The molecule has 0 spiro atoms. The molecular formula is C19H24F2N2O3. The summed E-state index contributed by atoms with van der Waals surface area (Å²) in [5.41, 5.74) is 0.351. The second-order valence-electron chi connectivity index (χ2n) is 7.12. The molecule has 2 saturated carbocycles. The van der Waals surface area contributed by atoms with Gasteiger partial charge in [-0.15, -0.1) is 0 Å². The van der Waals surface area contributed by atoms with Gasteiger partial charge in [0.25, 0.3) is 5.91 Å². The van der Waals surface area contributed by atoms with E-state index in [1.165, 1.54) is 38.0 Å². The third-order valence-corrected chi connectivity index (χ3v) is 5.42. The molecule has 0 heterocycles. The van der Waals surface area contributed by atoms with Gasteiger partial charge in [-0.1, -0.05) is 23.7 Å². The lowest BCUT2D eigenvalue weighted by molar-refractivity contribution is -0.126. The van der Waals surface area contributed by atoms with Crippen LogP contribution in [0, 0.1) is 17.8 Å². The minimum atomic E-state index is -2.91. The van der Waals surface area contributed by atoms with Gasteiger partial charge in [0.05, 0.1) is 6.21 Å². The number of benzene rings is 1. The maximum Gasteiger partial charge on any atom is 0.387 e. The molecule has 7 heteroatoms. The molecule has 0 radical (unpaired) electrons. The first-order valence-electron chi connectivity index (χ1n) is 9.01. The van der Waals surface area contributed by atoms with E-state index in [1.54, 1.807) is 18.2 Å². The lowest BCUT2D eigenvalue weighted by Gasteiger charge is -2.28. The van der Waals surface area contributed by atoms with E-state index in [2.05, 4.69) is 15.2 Å². The minimum absolute atomic E-state index is 0.00390. The van der Waals surface area contributed by atoms with E-state index in [-0.39, 0.29) is 24.3 Å². The second kappa shape index (κ2) is 8.47. The summed E-state index contributed by atoms with van der Waals surface area (Å²) in [6, 6.07) is 6.37. The summed E-state index contributed by atoms with van der Waals surface area (Å²) in [6.07, 6.45) is 6.36. The number of amides is 1. The minimum Gasteiger partial charge on any atom is -0.434 e. The number of nitrogens with zero attached hydrogens (tertiary/aromatic N) is 1. The van der Waals surface area contributed by atoms with Crippen LogP contribution >= 0.6 is 0 Å². The van der Waals surface area contributed by atoms with Gasteiger partial charge in [0.15, 0.2) is 6.61 Å². The number of carbonyl (C=O) groups is 1. The van der Waals surface area contributed by atoms with Crippen molar-refractivity contribution in [3.05, 3.63) is 29.8 Å². The molecule has 4 atom stereocenters. The van der Waals surface area contributed by atoms with Crippen molar-refractivity contribution in [3.63, 3.8) is 0 Å². The normalized spacial score (nSPS) is 25.6. The number of ether oxygens (including phenoxy) is 1. The Hall–Kier alpha value is -2.18. The topological polar surface area (TPSA) is 59.9 Å². The molecule has 142 valence electrons. The Morgan fingerprint density at radius 3 is 2.85 bits per heavy atom. The first kappa shape index (κ1) is 18.6. The van der Waals surface area contributed by atoms with Crippen LogP contribution in [0.15, 0.2) is 29.4 Å². The average Bonchev–Trinajstić information content (AvgIpc) is 3.23. The monoisotopic (exact) mass is 366 g/mol. The molecule has 4 unspecified atom stereocenters. The van der Waals surface area contributed by atoms with Crippen LogP contribution in [0.25, 0.3) is 0 Å².